The van der Waals surface area contributed by atoms with E-state index in [1.54, 1.807) is 31.3 Å². The molecule has 0 aliphatic heterocycles. The van der Waals surface area contributed by atoms with E-state index in [1.165, 1.54) is 0 Å². The molecule has 0 amide bonds. The maximum atomic E-state index is 13.1. The van der Waals surface area contributed by atoms with Gasteiger partial charge in [0.05, 0.1) is 16.5 Å². The summed E-state index contributed by atoms with van der Waals surface area (Å²) in [7, 11) is 1.63. The van der Waals surface area contributed by atoms with E-state index < -0.39 is 17.6 Å². The number of halogens is 2. The molecular weight excluding hydrogens is 359 g/mol. The molecule has 0 fully saturated rings. The molecule has 5 nitrogen and oxygen atoms in total. The predicted molar refractivity (Wildman–Crippen MR) is 97.7 cm³/mol. The van der Waals surface area contributed by atoms with Crippen LogP contribution in [0.15, 0.2) is 24.3 Å². The Morgan fingerprint density at radius 2 is 2.15 bits per heavy atom. The Bertz CT molecular complexity index is 886. The summed E-state index contributed by atoms with van der Waals surface area (Å²) in [6, 6.07) is 5.57. The standard InChI is InChI=1S/C19H18ClFN2O3/c1-22-19(14-7-11(9-21)5-6-16(14)20)18-15(10-24)13-4-2-3-12(13)8-17(18)23(25)26/h5-8,10,19,22H,2-4,9H2,1H3. The third kappa shape index (κ3) is 3.10. The minimum absolute atomic E-state index is 0.117. The van der Waals surface area contributed by atoms with Crippen molar-refractivity contribution in [2.24, 2.45) is 0 Å². The van der Waals surface area contributed by atoms with Gasteiger partial charge in [-0.3, -0.25) is 14.9 Å². The maximum Gasteiger partial charge on any atom is 0.275 e. The number of nitro groups is 1. The van der Waals surface area contributed by atoms with Crippen LogP contribution in [0.4, 0.5) is 10.1 Å². The van der Waals surface area contributed by atoms with Crippen LogP contribution in [0.25, 0.3) is 0 Å². The largest absolute Gasteiger partial charge is 0.309 e. The molecule has 2 aromatic rings. The number of hydrogen-bond donors (Lipinski definition) is 1. The zero-order valence-corrected chi connectivity index (χ0v) is 15.0. The molecule has 0 heterocycles. The Kier molecular flexibility index (Phi) is 5.34. The van der Waals surface area contributed by atoms with Gasteiger partial charge in [-0.15, -0.1) is 0 Å². The van der Waals surface area contributed by atoms with Crippen LogP contribution < -0.4 is 5.32 Å². The van der Waals surface area contributed by atoms with Gasteiger partial charge in [-0.25, -0.2) is 4.39 Å². The highest BCUT2D eigenvalue weighted by Crippen LogP contribution is 2.40. The SMILES string of the molecule is CNC(c1cc(CF)ccc1Cl)c1c([N+](=O)[O-])cc2c(c1C=O)CCC2. The second-order valence-corrected chi connectivity index (χ2v) is 6.71. The number of aryl methyl sites for hydroxylation is 1. The fraction of sp³-hybridized carbons (Fsp3) is 0.316. The van der Waals surface area contributed by atoms with Crippen LogP contribution in [0.1, 0.15) is 50.6 Å². The Labute approximate surface area is 155 Å². The minimum atomic E-state index is -0.694. The normalized spacial score (nSPS) is 14.1. The molecular formula is C19H18ClFN2O3. The number of nitrogens with zero attached hydrogens (tertiary/aromatic N) is 1. The van der Waals surface area contributed by atoms with Crippen LogP contribution in [0.2, 0.25) is 5.02 Å². The number of fused-ring (bicyclic) bond motifs is 1. The van der Waals surface area contributed by atoms with E-state index in [2.05, 4.69) is 5.32 Å². The summed E-state index contributed by atoms with van der Waals surface area (Å²) in [5, 5.41) is 15.1. The summed E-state index contributed by atoms with van der Waals surface area (Å²) in [5.74, 6) is 0. The molecule has 0 spiro atoms. The number of nitro benzene ring substituents is 1. The van der Waals surface area contributed by atoms with E-state index in [0.717, 1.165) is 24.0 Å². The molecule has 0 bridgehead atoms. The summed E-state index contributed by atoms with van der Waals surface area (Å²) >= 11 is 6.30. The monoisotopic (exact) mass is 376 g/mol. The molecule has 136 valence electrons. The molecule has 7 heteroatoms. The van der Waals surface area contributed by atoms with Gasteiger partial charge in [-0.1, -0.05) is 17.7 Å². The van der Waals surface area contributed by atoms with E-state index in [-0.39, 0.29) is 11.3 Å². The number of hydrogen-bond acceptors (Lipinski definition) is 4. The molecule has 1 unspecified atom stereocenters. The molecule has 1 atom stereocenters. The van der Waals surface area contributed by atoms with Crippen LogP contribution >= 0.6 is 11.6 Å². The lowest BCUT2D eigenvalue weighted by molar-refractivity contribution is -0.385. The number of alkyl halides is 1. The highest BCUT2D eigenvalue weighted by atomic mass is 35.5. The average Bonchev–Trinajstić information content (AvgIpc) is 3.11. The van der Waals surface area contributed by atoms with Gasteiger partial charge in [0.2, 0.25) is 0 Å². The van der Waals surface area contributed by atoms with E-state index in [9.17, 15) is 19.3 Å². The zero-order valence-electron chi connectivity index (χ0n) is 14.2. The number of benzene rings is 2. The van der Waals surface area contributed by atoms with Gasteiger partial charge in [0.25, 0.3) is 5.69 Å². The Morgan fingerprint density at radius 1 is 1.38 bits per heavy atom. The highest BCUT2D eigenvalue weighted by Gasteiger charge is 2.32. The maximum absolute atomic E-state index is 13.1. The first-order valence-electron chi connectivity index (χ1n) is 8.31. The van der Waals surface area contributed by atoms with Gasteiger partial charge in [0.15, 0.2) is 6.29 Å². The van der Waals surface area contributed by atoms with Crippen molar-refractivity contribution in [2.75, 3.05) is 7.05 Å². The summed E-state index contributed by atoms with van der Waals surface area (Å²) in [6.07, 6.45) is 2.98. The van der Waals surface area contributed by atoms with Crippen LogP contribution in [0.3, 0.4) is 0 Å². The third-order valence-electron chi connectivity index (χ3n) is 4.88. The molecule has 0 radical (unpaired) electrons. The van der Waals surface area contributed by atoms with Crippen LogP contribution in [-0.2, 0) is 19.5 Å². The Hall–Kier alpha value is -2.31. The smallest absolute Gasteiger partial charge is 0.275 e. The second kappa shape index (κ2) is 7.51. The molecule has 2 aromatic carbocycles. The first-order valence-corrected chi connectivity index (χ1v) is 8.69. The molecule has 1 aliphatic rings. The second-order valence-electron chi connectivity index (χ2n) is 6.30. The van der Waals surface area contributed by atoms with E-state index in [1.807, 2.05) is 0 Å². The quantitative estimate of drug-likeness (QED) is 0.462. The first kappa shape index (κ1) is 18.5. The van der Waals surface area contributed by atoms with Crippen molar-refractivity contribution in [1.29, 1.82) is 0 Å². The predicted octanol–water partition coefficient (Wildman–Crippen LogP) is 4.33. The lowest BCUT2D eigenvalue weighted by Crippen LogP contribution is -2.22. The van der Waals surface area contributed by atoms with Gasteiger partial charge >= 0.3 is 0 Å². The van der Waals surface area contributed by atoms with E-state index in [4.69, 9.17) is 11.6 Å². The fourth-order valence-electron chi connectivity index (χ4n) is 3.72. The Morgan fingerprint density at radius 3 is 2.77 bits per heavy atom. The molecule has 0 aromatic heterocycles. The number of nitrogens with one attached hydrogen (secondary N) is 1. The van der Waals surface area contributed by atoms with Crippen molar-refractivity contribution < 1.29 is 14.1 Å². The summed E-state index contributed by atoms with van der Waals surface area (Å²) < 4.78 is 13.1. The van der Waals surface area contributed by atoms with Crippen molar-refractivity contribution in [1.82, 2.24) is 5.32 Å². The third-order valence-corrected chi connectivity index (χ3v) is 5.22. The van der Waals surface area contributed by atoms with Gasteiger partial charge in [-0.2, -0.15) is 0 Å². The molecule has 26 heavy (non-hydrogen) atoms. The van der Waals surface area contributed by atoms with E-state index >= 15 is 0 Å². The molecule has 0 saturated heterocycles. The molecule has 1 N–H and O–H groups in total. The van der Waals surface area contributed by atoms with Crippen LogP contribution in [0.5, 0.6) is 0 Å². The van der Waals surface area contributed by atoms with Crippen molar-refractivity contribution in [3.05, 3.63) is 72.8 Å². The van der Waals surface area contributed by atoms with Gasteiger partial charge in [0, 0.05) is 16.7 Å². The summed E-state index contributed by atoms with van der Waals surface area (Å²) in [5.41, 5.74) is 3.14. The van der Waals surface area contributed by atoms with Crippen LogP contribution in [0, 0.1) is 10.1 Å². The fourth-order valence-corrected chi connectivity index (χ4v) is 3.95. The molecule has 0 saturated carbocycles. The molecule has 1 aliphatic carbocycles. The summed E-state index contributed by atoms with van der Waals surface area (Å²) in [4.78, 5) is 23.1. The van der Waals surface area contributed by atoms with E-state index in [0.29, 0.717) is 34.4 Å². The van der Waals surface area contributed by atoms with Gasteiger partial charge < -0.3 is 5.32 Å². The van der Waals surface area contributed by atoms with Crippen molar-refractivity contribution in [3.8, 4) is 0 Å². The van der Waals surface area contributed by atoms with Gasteiger partial charge in [-0.05, 0) is 60.7 Å². The number of carbonyl (C=O) groups excluding carboxylic acids is 1. The number of rotatable bonds is 6. The first-order chi connectivity index (χ1) is 12.5. The molecule has 3 rings (SSSR count). The number of carbonyl (C=O) groups is 1. The Balaban J connectivity index is 2.30. The van der Waals surface area contributed by atoms with Crippen molar-refractivity contribution in [3.63, 3.8) is 0 Å². The topological polar surface area (TPSA) is 72.2 Å². The lowest BCUT2D eigenvalue weighted by Gasteiger charge is -2.22. The van der Waals surface area contributed by atoms with Crippen molar-refractivity contribution in [2.45, 2.75) is 32.0 Å². The van der Waals surface area contributed by atoms with Crippen LogP contribution in [-0.4, -0.2) is 18.3 Å². The average molecular weight is 377 g/mol. The van der Waals surface area contributed by atoms with Crippen molar-refractivity contribution >= 4 is 23.6 Å². The minimum Gasteiger partial charge on any atom is -0.309 e. The number of aldehydes is 1. The zero-order chi connectivity index (χ0) is 18.8. The summed E-state index contributed by atoms with van der Waals surface area (Å²) in [6.45, 7) is -0.673. The highest BCUT2D eigenvalue weighted by molar-refractivity contribution is 6.31. The van der Waals surface area contributed by atoms with Gasteiger partial charge in [0.1, 0.15) is 6.67 Å². The lowest BCUT2D eigenvalue weighted by atomic mass is 9.88.